The molecule has 0 unspecified atom stereocenters. The Labute approximate surface area is 169 Å². The molecule has 2 heterocycles. The number of hydrogen-bond donors (Lipinski definition) is 0. The summed E-state index contributed by atoms with van der Waals surface area (Å²) in [5.74, 6) is -2.45. The molecule has 0 atom stereocenters. The third-order valence-corrected chi connectivity index (χ3v) is 4.57. The molecule has 10 nitrogen and oxygen atoms in total. The van der Waals surface area contributed by atoms with E-state index in [1.54, 1.807) is 47.4 Å². The minimum Gasteiger partial charge on any atom is -0.459 e. The molecule has 4 rings (SSSR count). The minimum absolute atomic E-state index is 0.0540. The molecule has 1 aliphatic rings. The van der Waals surface area contributed by atoms with E-state index in [1.807, 2.05) is 0 Å². The van der Waals surface area contributed by atoms with Crippen LogP contribution in [0, 0.1) is 10.1 Å². The van der Waals surface area contributed by atoms with Crippen molar-refractivity contribution in [3.8, 4) is 5.69 Å². The molecule has 0 saturated carbocycles. The third kappa shape index (κ3) is 3.41. The van der Waals surface area contributed by atoms with Crippen LogP contribution in [0.5, 0.6) is 0 Å². The van der Waals surface area contributed by atoms with Crippen molar-refractivity contribution in [3.63, 3.8) is 0 Å². The Bertz CT molecular complexity index is 1150. The maximum absolute atomic E-state index is 12.5. The highest BCUT2D eigenvalue weighted by Crippen LogP contribution is 2.30. The molecule has 1 aromatic heterocycles. The fourth-order valence-corrected chi connectivity index (χ4v) is 3.12. The number of rotatable bonds is 6. The van der Waals surface area contributed by atoms with Gasteiger partial charge >= 0.3 is 5.97 Å². The summed E-state index contributed by atoms with van der Waals surface area (Å²) in [6.07, 6.45) is 3.45. The molecule has 0 aliphatic carbocycles. The number of nitro groups is 1. The van der Waals surface area contributed by atoms with Crippen LogP contribution in [0.1, 0.15) is 26.3 Å². The fraction of sp³-hybridized carbons (Fsp3) is 0.100. The van der Waals surface area contributed by atoms with Gasteiger partial charge in [-0.3, -0.25) is 29.4 Å². The van der Waals surface area contributed by atoms with Gasteiger partial charge in [-0.05, 0) is 29.8 Å². The highest BCUT2D eigenvalue weighted by atomic mass is 16.6. The minimum atomic E-state index is -0.886. The van der Waals surface area contributed by atoms with E-state index < -0.39 is 34.9 Å². The van der Waals surface area contributed by atoms with Crippen molar-refractivity contribution in [2.75, 3.05) is 6.54 Å². The Morgan fingerprint density at radius 3 is 2.50 bits per heavy atom. The van der Waals surface area contributed by atoms with E-state index in [0.29, 0.717) is 10.5 Å². The molecule has 0 spiro atoms. The van der Waals surface area contributed by atoms with Gasteiger partial charge in [-0.15, -0.1) is 0 Å². The van der Waals surface area contributed by atoms with Crippen LogP contribution in [-0.4, -0.2) is 43.9 Å². The molecule has 2 amide bonds. The number of nitrogens with zero attached hydrogens (tertiary/aromatic N) is 4. The second-order valence-electron chi connectivity index (χ2n) is 6.43. The SMILES string of the molecule is O=C(CN1C(=O)c2cccc([N+](=O)[O-])c2C1=O)OCc1ccc(-n2cccn2)cc1. The maximum Gasteiger partial charge on any atom is 0.326 e. The van der Waals surface area contributed by atoms with Gasteiger partial charge in [-0.25, -0.2) is 4.68 Å². The van der Waals surface area contributed by atoms with Crippen LogP contribution >= 0.6 is 0 Å². The van der Waals surface area contributed by atoms with Gasteiger partial charge in [-0.1, -0.05) is 18.2 Å². The summed E-state index contributed by atoms with van der Waals surface area (Å²) in [5.41, 5.74) is 0.657. The number of carbonyl (C=O) groups excluding carboxylic acids is 3. The second-order valence-corrected chi connectivity index (χ2v) is 6.43. The van der Waals surface area contributed by atoms with E-state index in [-0.39, 0.29) is 17.7 Å². The van der Waals surface area contributed by atoms with Crippen LogP contribution < -0.4 is 0 Å². The van der Waals surface area contributed by atoms with E-state index in [9.17, 15) is 24.5 Å². The van der Waals surface area contributed by atoms with Crippen molar-refractivity contribution in [1.29, 1.82) is 0 Å². The van der Waals surface area contributed by atoms with Crippen molar-refractivity contribution in [3.05, 3.63) is 87.7 Å². The summed E-state index contributed by atoms with van der Waals surface area (Å²) >= 11 is 0. The molecular weight excluding hydrogens is 392 g/mol. The lowest BCUT2D eigenvalue weighted by molar-refractivity contribution is -0.385. The molecule has 150 valence electrons. The Morgan fingerprint density at radius 2 is 1.83 bits per heavy atom. The largest absolute Gasteiger partial charge is 0.459 e. The number of imide groups is 1. The number of ether oxygens (including phenoxy) is 1. The van der Waals surface area contributed by atoms with Crippen LogP contribution in [0.4, 0.5) is 5.69 Å². The number of nitro benzene ring substituents is 1. The molecule has 1 aliphatic heterocycles. The maximum atomic E-state index is 12.5. The van der Waals surface area contributed by atoms with Gasteiger partial charge in [0.2, 0.25) is 0 Å². The van der Waals surface area contributed by atoms with E-state index in [0.717, 1.165) is 11.8 Å². The predicted molar refractivity (Wildman–Crippen MR) is 102 cm³/mol. The van der Waals surface area contributed by atoms with E-state index in [2.05, 4.69) is 5.10 Å². The topological polar surface area (TPSA) is 125 Å². The van der Waals surface area contributed by atoms with Gasteiger partial charge in [0.1, 0.15) is 18.7 Å². The lowest BCUT2D eigenvalue weighted by atomic mass is 10.1. The Morgan fingerprint density at radius 1 is 1.07 bits per heavy atom. The van der Waals surface area contributed by atoms with Crippen LogP contribution in [0.2, 0.25) is 0 Å². The number of aromatic nitrogens is 2. The Hall–Kier alpha value is -4.34. The molecule has 0 saturated heterocycles. The Kier molecular flexibility index (Phi) is 4.80. The summed E-state index contributed by atoms with van der Waals surface area (Å²) in [5, 5.41) is 15.2. The third-order valence-electron chi connectivity index (χ3n) is 4.57. The number of hydrogen-bond acceptors (Lipinski definition) is 7. The quantitative estimate of drug-likeness (QED) is 0.266. The van der Waals surface area contributed by atoms with Crippen molar-refractivity contribution >= 4 is 23.5 Å². The number of esters is 1. The normalized spacial score (nSPS) is 12.7. The van der Waals surface area contributed by atoms with Crippen LogP contribution in [0.25, 0.3) is 5.69 Å². The van der Waals surface area contributed by atoms with Crippen molar-refractivity contribution in [2.24, 2.45) is 0 Å². The summed E-state index contributed by atoms with van der Waals surface area (Å²) in [6.45, 7) is -0.684. The lowest BCUT2D eigenvalue weighted by Gasteiger charge is -2.13. The smallest absolute Gasteiger partial charge is 0.326 e. The first kappa shape index (κ1) is 19.0. The van der Waals surface area contributed by atoms with Gasteiger partial charge in [0, 0.05) is 18.5 Å². The molecule has 30 heavy (non-hydrogen) atoms. The van der Waals surface area contributed by atoms with Crippen LogP contribution in [0.15, 0.2) is 60.9 Å². The standard InChI is InChI=1S/C20H14N4O6/c25-17(30-12-13-5-7-14(8-6-13)23-10-2-9-21-23)11-22-19(26)15-3-1-4-16(24(28)29)18(15)20(22)27/h1-10H,11-12H2. The molecule has 0 N–H and O–H groups in total. The zero-order valence-corrected chi connectivity index (χ0v) is 15.4. The van der Waals surface area contributed by atoms with E-state index >= 15 is 0 Å². The molecule has 0 bridgehead atoms. The average Bonchev–Trinajstić information content (AvgIpc) is 3.36. The highest BCUT2D eigenvalue weighted by Gasteiger charge is 2.41. The number of amides is 2. The number of fused-ring (bicyclic) bond motifs is 1. The van der Waals surface area contributed by atoms with Crippen molar-refractivity contribution < 1.29 is 24.0 Å². The molecule has 10 heteroatoms. The molecular formula is C20H14N4O6. The number of carbonyl (C=O) groups is 3. The lowest BCUT2D eigenvalue weighted by Crippen LogP contribution is -2.35. The molecule has 0 fully saturated rings. The first-order valence-electron chi connectivity index (χ1n) is 8.84. The zero-order valence-electron chi connectivity index (χ0n) is 15.4. The van der Waals surface area contributed by atoms with Crippen molar-refractivity contribution in [2.45, 2.75) is 6.61 Å². The first-order valence-corrected chi connectivity index (χ1v) is 8.84. The molecule has 3 aromatic rings. The summed E-state index contributed by atoms with van der Waals surface area (Å²) in [4.78, 5) is 48.1. The van der Waals surface area contributed by atoms with Crippen molar-refractivity contribution in [1.82, 2.24) is 14.7 Å². The summed E-state index contributed by atoms with van der Waals surface area (Å²) < 4.78 is 6.83. The second kappa shape index (κ2) is 7.59. The first-order chi connectivity index (χ1) is 14.5. The highest BCUT2D eigenvalue weighted by molar-refractivity contribution is 6.24. The van der Waals surface area contributed by atoms with Gasteiger partial charge in [0.05, 0.1) is 16.2 Å². The van der Waals surface area contributed by atoms with Crippen LogP contribution in [-0.2, 0) is 16.1 Å². The zero-order chi connectivity index (χ0) is 21.3. The number of benzene rings is 2. The van der Waals surface area contributed by atoms with E-state index in [4.69, 9.17) is 4.74 Å². The molecule has 0 radical (unpaired) electrons. The summed E-state index contributed by atoms with van der Waals surface area (Å²) in [6, 6.07) is 12.7. The van der Waals surface area contributed by atoms with E-state index in [1.165, 1.54) is 12.1 Å². The van der Waals surface area contributed by atoms with Gasteiger partial charge in [0.15, 0.2) is 0 Å². The Balaban J connectivity index is 1.40. The summed E-state index contributed by atoms with van der Waals surface area (Å²) in [7, 11) is 0. The monoisotopic (exact) mass is 406 g/mol. The van der Waals surface area contributed by atoms with Gasteiger partial charge in [-0.2, -0.15) is 5.10 Å². The van der Waals surface area contributed by atoms with Gasteiger partial charge in [0.25, 0.3) is 17.5 Å². The predicted octanol–water partition coefficient (Wildman–Crippen LogP) is 2.12. The molecule has 2 aromatic carbocycles. The fourth-order valence-electron chi connectivity index (χ4n) is 3.12. The van der Waals surface area contributed by atoms with Crippen LogP contribution in [0.3, 0.4) is 0 Å². The van der Waals surface area contributed by atoms with Gasteiger partial charge < -0.3 is 4.74 Å². The average molecular weight is 406 g/mol.